The van der Waals surface area contributed by atoms with E-state index in [-0.39, 0.29) is 12.5 Å². The first-order chi connectivity index (χ1) is 11.8. The van der Waals surface area contributed by atoms with E-state index in [4.69, 9.17) is 0 Å². The van der Waals surface area contributed by atoms with Gasteiger partial charge in [0, 0.05) is 12.4 Å². The molecule has 0 radical (unpaired) electrons. The molecule has 1 heterocycles. The molecule has 140 valence electrons. The summed E-state index contributed by atoms with van der Waals surface area (Å²) in [4.78, 5) is 12.2. The molecule has 2 atom stereocenters. The summed E-state index contributed by atoms with van der Waals surface area (Å²) in [6, 6.07) is 7.10. The minimum absolute atomic E-state index is 0.000835. The van der Waals surface area contributed by atoms with Crippen molar-refractivity contribution in [2.75, 3.05) is 26.2 Å². The van der Waals surface area contributed by atoms with Gasteiger partial charge in [0.2, 0.25) is 10.0 Å². The second kappa shape index (κ2) is 8.29. The summed E-state index contributed by atoms with van der Waals surface area (Å²) >= 11 is 0. The van der Waals surface area contributed by atoms with E-state index in [0.717, 1.165) is 16.9 Å². The molecule has 0 unspecified atom stereocenters. The lowest BCUT2D eigenvalue weighted by molar-refractivity contribution is -0.926. The quantitative estimate of drug-likeness (QED) is 0.711. The third-order valence-electron chi connectivity index (χ3n) is 5.23. The maximum atomic E-state index is 12.8. The van der Waals surface area contributed by atoms with Gasteiger partial charge in [-0.25, -0.2) is 8.42 Å². The van der Waals surface area contributed by atoms with E-state index in [2.05, 4.69) is 13.8 Å². The molecule has 0 aromatic heterocycles. The molecule has 1 aliphatic rings. The molecule has 0 amide bonds. The smallest absolute Gasteiger partial charge is 0.243 e. The van der Waals surface area contributed by atoms with Gasteiger partial charge >= 0.3 is 0 Å². The summed E-state index contributed by atoms with van der Waals surface area (Å²) in [6.45, 7) is 8.13. The number of nitrogens with one attached hydrogen (secondary N) is 1. The van der Waals surface area contributed by atoms with E-state index in [1.807, 2.05) is 19.1 Å². The number of benzene rings is 1. The standard InChI is InChI=1S/C18H28N2O4S/c1-4-14(2)16-5-7-17(8-6-16)25(23,24)20-11-9-19(10-12-20)15(3)13-18(21)22/h5-8,14-15H,4,9-13H2,1-3H3,(H,21,22)/t14-,15+/m1/s1. The molecular formula is C18H28N2O4S. The lowest BCUT2D eigenvalue weighted by atomic mass is 9.99. The van der Waals surface area contributed by atoms with Gasteiger partial charge in [-0.3, -0.25) is 0 Å². The number of nitrogens with zero attached hydrogens (tertiary/aromatic N) is 1. The molecule has 6 nitrogen and oxygen atoms in total. The number of hydrogen-bond acceptors (Lipinski definition) is 4. The predicted octanol–water partition coefficient (Wildman–Crippen LogP) is -0.382. The average molecular weight is 368 g/mol. The van der Waals surface area contributed by atoms with Crippen LogP contribution in [0.5, 0.6) is 0 Å². The molecule has 1 aliphatic heterocycles. The van der Waals surface area contributed by atoms with Crippen molar-refractivity contribution in [3.05, 3.63) is 29.8 Å². The number of hydrogen-bond donors (Lipinski definition) is 1. The van der Waals surface area contributed by atoms with Crippen LogP contribution >= 0.6 is 0 Å². The Morgan fingerprint density at radius 3 is 2.24 bits per heavy atom. The molecule has 0 bridgehead atoms. The topological polar surface area (TPSA) is 82.0 Å². The van der Waals surface area contributed by atoms with E-state index in [9.17, 15) is 18.3 Å². The summed E-state index contributed by atoms with van der Waals surface area (Å²) in [7, 11) is -3.49. The number of piperazine rings is 1. The Labute approximate surface area is 150 Å². The number of quaternary nitrogens is 1. The monoisotopic (exact) mass is 368 g/mol. The largest absolute Gasteiger partial charge is 0.550 e. The highest BCUT2D eigenvalue weighted by molar-refractivity contribution is 7.89. The zero-order valence-electron chi connectivity index (χ0n) is 15.2. The van der Waals surface area contributed by atoms with Gasteiger partial charge in [-0.05, 0) is 37.0 Å². The van der Waals surface area contributed by atoms with Crippen LogP contribution in [0.4, 0.5) is 0 Å². The number of rotatable bonds is 7. The first-order valence-corrected chi connectivity index (χ1v) is 10.3. The molecule has 0 spiro atoms. The van der Waals surface area contributed by atoms with Gasteiger partial charge in [0.15, 0.2) is 0 Å². The third-order valence-corrected chi connectivity index (χ3v) is 7.15. The van der Waals surface area contributed by atoms with Crippen LogP contribution in [0.25, 0.3) is 0 Å². The van der Waals surface area contributed by atoms with Gasteiger partial charge in [-0.15, -0.1) is 0 Å². The Bertz CT molecular complexity index is 680. The number of carbonyl (C=O) groups is 1. The highest BCUT2D eigenvalue weighted by Crippen LogP contribution is 2.22. The molecule has 1 saturated heterocycles. The van der Waals surface area contributed by atoms with Crippen molar-refractivity contribution in [1.82, 2.24) is 4.31 Å². The van der Waals surface area contributed by atoms with Crippen LogP contribution in [0.3, 0.4) is 0 Å². The molecule has 2 rings (SSSR count). The zero-order valence-corrected chi connectivity index (χ0v) is 16.0. The summed E-state index contributed by atoms with van der Waals surface area (Å²) in [6.07, 6.45) is 1.01. The molecule has 7 heteroatoms. The van der Waals surface area contributed by atoms with Crippen LogP contribution in [0.1, 0.15) is 45.1 Å². The van der Waals surface area contributed by atoms with Gasteiger partial charge in [-0.2, -0.15) is 4.31 Å². The normalized spacial score (nSPS) is 19.5. The van der Waals surface area contributed by atoms with E-state index in [1.165, 1.54) is 4.31 Å². The Kier molecular flexibility index (Phi) is 6.59. The second-order valence-electron chi connectivity index (χ2n) is 6.92. The highest BCUT2D eigenvalue weighted by Gasteiger charge is 2.32. The van der Waals surface area contributed by atoms with Crippen LogP contribution < -0.4 is 10.0 Å². The summed E-state index contributed by atoms with van der Waals surface area (Å²) in [5, 5.41) is 10.7. The maximum absolute atomic E-state index is 12.8. The van der Waals surface area contributed by atoms with Crippen molar-refractivity contribution in [3.63, 3.8) is 0 Å². The van der Waals surface area contributed by atoms with Crippen LogP contribution in [0.15, 0.2) is 29.2 Å². The van der Waals surface area contributed by atoms with Crippen molar-refractivity contribution in [1.29, 1.82) is 0 Å². The molecule has 1 aromatic carbocycles. The molecular weight excluding hydrogens is 340 g/mol. The molecule has 1 N–H and O–H groups in total. The van der Waals surface area contributed by atoms with E-state index in [0.29, 0.717) is 37.0 Å². The number of sulfonamides is 1. The number of carboxylic acid groups (broad SMARTS) is 1. The third kappa shape index (κ3) is 4.80. The number of carbonyl (C=O) groups excluding carboxylic acids is 1. The molecule has 0 saturated carbocycles. The predicted molar refractivity (Wildman–Crippen MR) is 93.7 cm³/mol. The summed E-state index contributed by atoms with van der Waals surface area (Å²) < 4.78 is 27.1. The van der Waals surface area contributed by atoms with Gasteiger partial charge < -0.3 is 14.8 Å². The van der Waals surface area contributed by atoms with Crippen LogP contribution in [-0.2, 0) is 14.8 Å². The van der Waals surface area contributed by atoms with E-state index in [1.54, 1.807) is 12.1 Å². The fraction of sp³-hybridized carbons (Fsp3) is 0.611. The number of carboxylic acids is 1. The molecule has 0 aliphatic carbocycles. The van der Waals surface area contributed by atoms with Crippen LogP contribution in [-0.4, -0.2) is 50.9 Å². The van der Waals surface area contributed by atoms with E-state index < -0.39 is 16.0 Å². The maximum Gasteiger partial charge on any atom is 0.243 e. The lowest BCUT2D eigenvalue weighted by Crippen LogP contribution is -3.18. The van der Waals surface area contributed by atoms with Crippen molar-refractivity contribution < 1.29 is 23.2 Å². The Hall–Kier alpha value is -1.44. The Balaban J connectivity index is 2.03. The van der Waals surface area contributed by atoms with Gasteiger partial charge in [-0.1, -0.05) is 26.0 Å². The van der Waals surface area contributed by atoms with Crippen LogP contribution in [0, 0.1) is 0 Å². The zero-order chi connectivity index (χ0) is 18.6. The minimum Gasteiger partial charge on any atom is -0.550 e. The summed E-state index contributed by atoms with van der Waals surface area (Å²) in [5.74, 6) is -0.648. The van der Waals surface area contributed by atoms with Crippen molar-refractivity contribution in [3.8, 4) is 0 Å². The average Bonchev–Trinajstić information content (AvgIpc) is 2.60. The van der Waals surface area contributed by atoms with Crippen molar-refractivity contribution >= 4 is 16.0 Å². The lowest BCUT2D eigenvalue weighted by Gasteiger charge is -2.35. The van der Waals surface area contributed by atoms with Crippen molar-refractivity contribution in [2.45, 2.75) is 50.5 Å². The highest BCUT2D eigenvalue weighted by atomic mass is 32.2. The fourth-order valence-corrected chi connectivity index (χ4v) is 4.70. The minimum atomic E-state index is -3.49. The van der Waals surface area contributed by atoms with Crippen LogP contribution in [0.2, 0.25) is 0 Å². The van der Waals surface area contributed by atoms with E-state index >= 15 is 0 Å². The molecule has 25 heavy (non-hydrogen) atoms. The van der Waals surface area contributed by atoms with Gasteiger partial charge in [0.05, 0.1) is 37.1 Å². The first-order valence-electron chi connectivity index (χ1n) is 8.90. The fourth-order valence-electron chi connectivity index (χ4n) is 3.25. The molecule has 1 fully saturated rings. The molecule has 1 aromatic rings. The second-order valence-corrected chi connectivity index (χ2v) is 8.86. The Morgan fingerprint density at radius 1 is 1.20 bits per heavy atom. The van der Waals surface area contributed by atoms with Gasteiger partial charge in [0.1, 0.15) is 0 Å². The SMILES string of the molecule is CC[C@@H](C)c1ccc(S(=O)(=O)N2CC[NH+]([C@@H](C)CC(=O)[O-])CC2)cc1. The Morgan fingerprint density at radius 2 is 1.76 bits per heavy atom. The van der Waals surface area contributed by atoms with Crippen molar-refractivity contribution in [2.24, 2.45) is 0 Å². The van der Waals surface area contributed by atoms with Gasteiger partial charge in [0.25, 0.3) is 0 Å². The number of aliphatic carboxylic acids is 1. The first kappa shape index (κ1) is 19.9. The summed E-state index contributed by atoms with van der Waals surface area (Å²) in [5.41, 5.74) is 1.15.